The van der Waals surface area contributed by atoms with Gasteiger partial charge in [0.05, 0.1) is 14.2 Å². The third-order valence-electron chi connectivity index (χ3n) is 9.52. The van der Waals surface area contributed by atoms with Crippen LogP contribution in [0.1, 0.15) is 39.8 Å². The van der Waals surface area contributed by atoms with Crippen molar-refractivity contribution < 1.29 is 18.9 Å². The number of thioether (sulfide) groups is 4. The van der Waals surface area contributed by atoms with Gasteiger partial charge in [-0.15, -0.1) is 47.0 Å². The summed E-state index contributed by atoms with van der Waals surface area (Å²) in [6.07, 6.45) is 1.27. The Morgan fingerprint density at radius 2 is 0.600 bits per heavy atom. The number of rotatable bonds is 10. The molecule has 0 amide bonds. The molecule has 8 heteroatoms. The lowest BCUT2D eigenvalue weighted by molar-refractivity contribution is 0.412. The van der Waals surface area contributed by atoms with Gasteiger partial charge in [0.15, 0.2) is 0 Å². The Kier molecular flexibility index (Phi) is 13.0. The van der Waals surface area contributed by atoms with E-state index in [4.69, 9.17) is 18.9 Å². The molecule has 2 aliphatic rings. The standard InChI is InChI=1S/C24H24O2S2.C23H22O2S2/c1-18-4-6-19(7-5-18)24(27-16-3-17-28-24)20-8-10-22(11-9-20)26-23-14-12-21(25-2)13-15-23;1-17-3-5-18(6-4-17)23(26-15-16-27-23)19-7-9-21(10-8-19)25-22-13-11-20(24-2)12-14-22/h4-15H,3,16-17H2,1-2H3;3-14H,15-16H2,1-2H3. The highest BCUT2D eigenvalue weighted by Gasteiger charge is 2.39. The van der Waals surface area contributed by atoms with E-state index < -0.39 is 0 Å². The highest BCUT2D eigenvalue weighted by Crippen LogP contribution is 2.57. The van der Waals surface area contributed by atoms with Crippen LogP contribution in [-0.4, -0.2) is 37.2 Å². The molecule has 0 spiro atoms. The van der Waals surface area contributed by atoms with Gasteiger partial charge < -0.3 is 18.9 Å². The largest absolute Gasteiger partial charge is 0.497 e. The normalized spacial score (nSPS) is 15.6. The maximum atomic E-state index is 6.01. The number of benzene rings is 6. The Morgan fingerprint density at radius 3 is 0.909 bits per heavy atom. The summed E-state index contributed by atoms with van der Waals surface area (Å²) in [5, 5.41) is 0. The van der Waals surface area contributed by atoms with Crippen LogP contribution in [0, 0.1) is 13.8 Å². The molecule has 6 aromatic carbocycles. The number of hydrogen-bond donors (Lipinski definition) is 0. The molecule has 2 aliphatic heterocycles. The molecule has 4 nitrogen and oxygen atoms in total. The zero-order chi connectivity index (χ0) is 38.1. The van der Waals surface area contributed by atoms with Crippen LogP contribution in [-0.2, 0) is 8.16 Å². The molecule has 0 radical (unpaired) electrons. The summed E-state index contributed by atoms with van der Waals surface area (Å²) in [7, 11) is 3.33. The first kappa shape index (κ1) is 39.2. The Morgan fingerprint density at radius 1 is 0.345 bits per heavy atom. The van der Waals surface area contributed by atoms with E-state index in [1.807, 2.05) is 95.6 Å². The summed E-state index contributed by atoms with van der Waals surface area (Å²) in [6.45, 7) is 4.28. The van der Waals surface area contributed by atoms with Crippen LogP contribution in [0.15, 0.2) is 146 Å². The van der Waals surface area contributed by atoms with Gasteiger partial charge in [-0.1, -0.05) is 83.9 Å². The van der Waals surface area contributed by atoms with Crippen LogP contribution < -0.4 is 18.9 Å². The van der Waals surface area contributed by atoms with Gasteiger partial charge in [-0.05, 0) is 127 Å². The molecule has 2 saturated heterocycles. The quantitative estimate of drug-likeness (QED) is 0.136. The first-order valence-electron chi connectivity index (χ1n) is 18.4. The molecule has 0 aliphatic carbocycles. The minimum absolute atomic E-state index is 0.0215. The van der Waals surface area contributed by atoms with E-state index in [2.05, 4.69) is 111 Å². The van der Waals surface area contributed by atoms with Gasteiger partial charge in [-0.25, -0.2) is 0 Å². The van der Waals surface area contributed by atoms with Crippen molar-refractivity contribution in [3.05, 3.63) is 179 Å². The SMILES string of the molecule is COc1ccc(Oc2ccc(C3(c4ccc(C)cc4)SCCCS3)cc2)cc1.COc1ccc(Oc2ccc(C3(c4ccc(C)cc4)SCCS3)cc2)cc1. The smallest absolute Gasteiger partial charge is 0.127 e. The zero-order valence-corrected chi connectivity index (χ0v) is 34.9. The molecule has 2 fully saturated rings. The second-order valence-electron chi connectivity index (χ2n) is 13.3. The topological polar surface area (TPSA) is 36.9 Å². The fraction of sp³-hybridized carbons (Fsp3) is 0.234. The lowest BCUT2D eigenvalue weighted by Gasteiger charge is -2.37. The average Bonchev–Trinajstić information content (AvgIpc) is 3.74. The van der Waals surface area contributed by atoms with Gasteiger partial charge in [0, 0.05) is 11.5 Å². The molecular formula is C47H46O4S4. The van der Waals surface area contributed by atoms with Crippen molar-refractivity contribution in [2.75, 3.05) is 37.2 Å². The van der Waals surface area contributed by atoms with Crippen molar-refractivity contribution in [2.24, 2.45) is 0 Å². The predicted molar refractivity (Wildman–Crippen MR) is 237 cm³/mol. The highest BCUT2D eigenvalue weighted by molar-refractivity contribution is 8.21. The van der Waals surface area contributed by atoms with E-state index in [-0.39, 0.29) is 8.16 Å². The summed E-state index contributed by atoms with van der Waals surface area (Å²) in [4.78, 5) is 0. The van der Waals surface area contributed by atoms with Gasteiger partial charge >= 0.3 is 0 Å². The Labute approximate surface area is 343 Å². The Bertz CT molecular complexity index is 2090. The molecule has 2 heterocycles. The van der Waals surface area contributed by atoms with E-state index in [1.165, 1.54) is 62.8 Å². The number of ether oxygens (including phenoxy) is 4. The van der Waals surface area contributed by atoms with Crippen molar-refractivity contribution in [3.8, 4) is 34.5 Å². The molecule has 6 aromatic rings. The molecule has 0 aromatic heterocycles. The third kappa shape index (κ3) is 9.32. The van der Waals surface area contributed by atoms with Gasteiger partial charge in [0.25, 0.3) is 0 Å². The van der Waals surface area contributed by atoms with E-state index in [0.29, 0.717) is 0 Å². The van der Waals surface area contributed by atoms with Gasteiger partial charge in [0.2, 0.25) is 0 Å². The molecule has 0 bridgehead atoms. The maximum absolute atomic E-state index is 6.01. The van der Waals surface area contributed by atoms with E-state index in [0.717, 1.165) is 34.5 Å². The second kappa shape index (κ2) is 18.2. The number of hydrogen-bond acceptors (Lipinski definition) is 8. The number of methoxy groups -OCH3 is 2. The summed E-state index contributed by atoms with van der Waals surface area (Å²) < 4.78 is 22.3. The molecular weight excluding hydrogens is 757 g/mol. The van der Waals surface area contributed by atoms with Crippen LogP contribution in [0.3, 0.4) is 0 Å². The number of aryl methyl sites for hydroxylation is 2. The van der Waals surface area contributed by atoms with Gasteiger partial charge in [-0.3, -0.25) is 0 Å². The molecule has 0 unspecified atom stereocenters. The highest BCUT2D eigenvalue weighted by atomic mass is 32.2. The monoisotopic (exact) mass is 802 g/mol. The summed E-state index contributed by atoms with van der Waals surface area (Å²) in [6, 6.07) is 50.4. The van der Waals surface area contributed by atoms with Crippen molar-refractivity contribution >= 4 is 47.0 Å². The van der Waals surface area contributed by atoms with Crippen molar-refractivity contribution in [1.29, 1.82) is 0 Å². The zero-order valence-electron chi connectivity index (χ0n) is 31.7. The van der Waals surface area contributed by atoms with Crippen molar-refractivity contribution in [3.63, 3.8) is 0 Å². The molecule has 0 saturated carbocycles. The lowest BCUT2D eigenvalue weighted by Crippen LogP contribution is -2.24. The minimum atomic E-state index is -0.0371. The third-order valence-corrected chi connectivity index (χ3v) is 16.5. The summed E-state index contributed by atoms with van der Waals surface area (Å²) in [5.41, 5.74) is 7.98. The first-order valence-corrected chi connectivity index (χ1v) is 22.4. The lowest BCUT2D eigenvalue weighted by atomic mass is 10.0. The minimum Gasteiger partial charge on any atom is -0.497 e. The second-order valence-corrected chi connectivity index (χ2v) is 19.1. The van der Waals surface area contributed by atoms with Crippen LogP contribution in [0.4, 0.5) is 0 Å². The van der Waals surface area contributed by atoms with Crippen molar-refractivity contribution in [1.82, 2.24) is 0 Å². The summed E-state index contributed by atoms with van der Waals surface area (Å²) >= 11 is 8.14. The Hall–Kier alpha value is -4.08. The average molecular weight is 803 g/mol. The predicted octanol–water partition coefficient (Wildman–Crippen LogP) is 13.3. The molecule has 0 atom stereocenters. The molecule has 55 heavy (non-hydrogen) atoms. The molecule has 282 valence electrons. The van der Waals surface area contributed by atoms with E-state index in [9.17, 15) is 0 Å². The van der Waals surface area contributed by atoms with Crippen LogP contribution in [0.25, 0.3) is 0 Å². The fourth-order valence-electron chi connectivity index (χ4n) is 6.54. The van der Waals surface area contributed by atoms with Crippen molar-refractivity contribution in [2.45, 2.75) is 28.4 Å². The van der Waals surface area contributed by atoms with Gasteiger partial charge in [-0.2, -0.15) is 0 Å². The molecule has 8 rings (SSSR count). The summed E-state index contributed by atoms with van der Waals surface area (Å²) in [5.74, 6) is 9.67. The first-order chi connectivity index (χ1) is 26.9. The fourth-order valence-corrected chi connectivity index (χ4v) is 13.2. The van der Waals surface area contributed by atoms with Crippen LogP contribution in [0.2, 0.25) is 0 Å². The van der Waals surface area contributed by atoms with Crippen LogP contribution >= 0.6 is 47.0 Å². The van der Waals surface area contributed by atoms with E-state index in [1.54, 1.807) is 14.2 Å². The Balaban J connectivity index is 0.000000169. The van der Waals surface area contributed by atoms with Crippen LogP contribution in [0.5, 0.6) is 34.5 Å². The molecule has 0 N–H and O–H groups in total. The maximum Gasteiger partial charge on any atom is 0.127 e. The van der Waals surface area contributed by atoms with Gasteiger partial charge in [0.1, 0.15) is 42.7 Å². The van der Waals surface area contributed by atoms with E-state index >= 15 is 0 Å².